The Hall–Kier alpha value is -3.10. The number of amides is 1. The molecule has 0 N–H and O–H groups in total. The third-order valence-corrected chi connectivity index (χ3v) is 3.24. The normalized spacial score (nSPS) is 11.2. The van der Waals surface area contributed by atoms with Gasteiger partial charge in [-0.15, -0.1) is 0 Å². The zero-order valence-electron chi connectivity index (χ0n) is 12.7. The van der Waals surface area contributed by atoms with Gasteiger partial charge in [-0.05, 0) is 23.8 Å². The van der Waals surface area contributed by atoms with Crippen LogP contribution in [0, 0.1) is 10.1 Å². The van der Waals surface area contributed by atoms with Crippen molar-refractivity contribution in [3.63, 3.8) is 0 Å². The quantitative estimate of drug-likeness (QED) is 0.461. The van der Waals surface area contributed by atoms with E-state index in [-0.39, 0.29) is 18.1 Å². The molecule has 9 heteroatoms. The lowest BCUT2D eigenvalue weighted by Crippen LogP contribution is -2.26. The van der Waals surface area contributed by atoms with Gasteiger partial charge in [0.15, 0.2) is 0 Å². The van der Waals surface area contributed by atoms with Crippen LogP contribution in [0.3, 0.4) is 0 Å². The van der Waals surface area contributed by atoms with Gasteiger partial charge in [0, 0.05) is 37.7 Å². The number of nitrogens with zero attached hydrogens (tertiary/aromatic N) is 4. The number of hydrogen-bond acceptors (Lipinski definition) is 4. The van der Waals surface area contributed by atoms with E-state index >= 15 is 0 Å². The van der Waals surface area contributed by atoms with E-state index in [2.05, 4.69) is 4.98 Å². The minimum atomic E-state index is -2.72. The molecule has 0 atom stereocenters. The fourth-order valence-electron chi connectivity index (χ4n) is 1.94. The lowest BCUT2D eigenvalue weighted by molar-refractivity contribution is -0.384. The van der Waals surface area contributed by atoms with Gasteiger partial charge >= 0.3 is 6.55 Å². The maximum Gasteiger partial charge on any atom is 0.319 e. The van der Waals surface area contributed by atoms with Crippen molar-refractivity contribution in [2.24, 2.45) is 0 Å². The zero-order valence-corrected chi connectivity index (χ0v) is 12.7. The third kappa shape index (κ3) is 4.22. The predicted octanol–water partition coefficient (Wildman–Crippen LogP) is 2.86. The van der Waals surface area contributed by atoms with Crippen molar-refractivity contribution in [2.45, 2.75) is 13.1 Å². The van der Waals surface area contributed by atoms with Gasteiger partial charge < -0.3 is 4.90 Å². The van der Waals surface area contributed by atoms with E-state index in [0.29, 0.717) is 10.1 Å². The molecule has 0 aliphatic carbocycles. The number of rotatable bonds is 6. The number of alkyl halides is 2. The molecule has 1 amide bonds. The fraction of sp³-hybridized carbons (Fsp3) is 0.200. The van der Waals surface area contributed by atoms with Crippen molar-refractivity contribution in [1.29, 1.82) is 0 Å². The highest BCUT2D eigenvalue weighted by molar-refractivity contribution is 5.91. The number of aromatic nitrogens is 2. The van der Waals surface area contributed by atoms with Gasteiger partial charge in [0.1, 0.15) is 5.82 Å². The van der Waals surface area contributed by atoms with Crippen LogP contribution in [0.4, 0.5) is 14.5 Å². The van der Waals surface area contributed by atoms with Crippen molar-refractivity contribution < 1.29 is 18.5 Å². The summed E-state index contributed by atoms with van der Waals surface area (Å²) in [6.07, 6.45) is 5.14. The second-order valence-corrected chi connectivity index (χ2v) is 4.90. The molecule has 126 valence electrons. The standard InChI is InChI=1S/C15H14F2N4O3/c1-19(10-13-18-8-9-20(13)15(16)17)14(22)7-4-11-2-5-12(6-3-11)21(23)24/h2-9,15H,10H2,1H3/b7-4+. The fourth-order valence-corrected chi connectivity index (χ4v) is 1.94. The van der Waals surface area contributed by atoms with Gasteiger partial charge in [0.2, 0.25) is 5.91 Å². The highest BCUT2D eigenvalue weighted by Gasteiger charge is 2.14. The van der Waals surface area contributed by atoms with Gasteiger partial charge in [-0.3, -0.25) is 19.5 Å². The molecule has 1 aromatic carbocycles. The number of nitro benzene ring substituents is 1. The van der Waals surface area contributed by atoms with Crippen LogP contribution in [0.2, 0.25) is 0 Å². The number of halogens is 2. The summed E-state index contributed by atoms with van der Waals surface area (Å²) in [5.74, 6) is -0.332. The van der Waals surface area contributed by atoms with Crippen LogP contribution in [-0.4, -0.2) is 32.3 Å². The summed E-state index contributed by atoms with van der Waals surface area (Å²) in [5.41, 5.74) is 0.561. The molecule has 0 radical (unpaired) electrons. The lowest BCUT2D eigenvalue weighted by Gasteiger charge is -2.15. The Labute approximate surface area is 136 Å². The Bertz CT molecular complexity index is 756. The van der Waals surface area contributed by atoms with Crippen molar-refractivity contribution >= 4 is 17.7 Å². The van der Waals surface area contributed by atoms with Gasteiger partial charge in [-0.25, -0.2) is 4.98 Å². The first kappa shape index (κ1) is 17.3. The Morgan fingerprint density at radius 3 is 2.67 bits per heavy atom. The van der Waals surface area contributed by atoms with Crippen LogP contribution in [0.1, 0.15) is 17.9 Å². The molecule has 0 spiro atoms. The van der Waals surface area contributed by atoms with Crippen LogP contribution < -0.4 is 0 Å². The number of nitro groups is 1. The average Bonchev–Trinajstić information content (AvgIpc) is 3.01. The van der Waals surface area contributed by atoms with E-state index in [1.807, 2.05) is 0 Å². The Balaban J connectivity index is 2.00. The highest BCUT2D eigenvalue weighted by Crippen LogP contribution is 2.15. The van der Waals surface area contributed by atoms with Crippen molar-refractivity contribution in [2.75, 3.05) is 7.05 Å². The summed E-state index contributed by atoms with van der Waals surface area (Å²) in [7, 11) is 1.47. The number of likely N-dealkylation sites (N-methyl/N-ethyl adjacent to an activating group) is 1. The summed E-state index contributed by atoms with van der Waals surface area (Å²) >= 11 is 0. The molecule has 0 aliphatic heterocycles. The topological polar surface area (TPSA) is 81.3 Å². The molecule has 2 aromatic rings. The molecule has 0 fully saturated rings. The predicted molar refractivity (Wildman–Crippen MR) is 82.1 cm³/mol. The van der Waals surface area contributed by atoms with Crippen molar-refractivity contribution in [1.82, 2.24) is 14.5 Å². The van der Waals surface area contributed by atoms with Crippen molar-refractivity contribution in [3.8, 4) is 0 Å². The molecule has 0 bridgehead atoms. The van der Waals surface area contributed by atoms with E-state index in [9.17, 15) is 23.7 Å². The molecule has 0 saturated heterocycles. The maximum absolute atomic E-state index is 12.7. The number of hydrogen-bond donors (Lipinski definition) is 0. The van der Waals surface area contributed by atoms with E-state index in [1.165, 1.54) is 54.6 Å². The first-order valence-corrected chi connectivity index (χ1v) is 6.86. The smallest absolute Gasteiger partial charge is 0.319 e. The number of carbonyl (C=O) groups excluding carboxylic acids is 1. The minimum absolute atomic E-state index is 0.0468. The summed E-state index contributed by atoms with van der Waals surface area (Å²) in [4.78, 5) is 27.1. The van der Waals surface area contributed by atoms with Gasteiger partial charge in [-0.2, -0.15) is 8.78 Å². The third-order valence-electron chi connectivity index (χ3n) is 3.24. The SMILES string of the molecule is CN(Cc1nccn1C(F)F)C(=O)/C=C/c1ccc([N+](=O)[O-])cc1. The minimum Gasteiger partial charge on any atom is -0.335 e. The second-order valence-electron chi connectivity index (χ2n) is 4.90. The molecule has 0 unspecified atom stereocenters. The van der Waals surface area contributed by atoms with Gasteiger partial charge in [0.25, 0.3) is 5.69 Å². The first-order valence-electron chi connectivity index (χ1n) is 6.86. The molecular weight excluding hydrogens is 322 g/mol. The summed E-state index contributed by atoms with van der Waals surface area (Å²) in [6, 6.07) is 5.66. The van der Waals surface area contributed by atoms with Crippen LogP contribution in [0.5, 0.6) is 0 Å². The first-order chi connectivity index (χ1) is 11.4. The number of imidazole rings is 1. The molecule has 1 heterocycles. The summed E-state index contributed by atoms with van der Waals surface area (Å²) in [6.45, 7) is -2.79. The lowest BCUT2D eigenvalue weighted by atomic mass is 10.2. The maximum atomic E-state index is 12.7. The molecule has 7 nitrogen and oxygen atoms in total. The van der Waals surface area contributed by atoms with Gasteiger partial charge in [0.05, 0.1) is 11.5 Å². The van der Waals surface area contributed by atoms with Crippen LogP contribution in [0.25, 0.3) is 6.08 Å². The van der Waals surface area contributed by atoms with Gasteiger partial charge in [-0.1, -0.05) is 0 Å². The van der Waals surface area contributed by atoms with E-state index < -0.39 is 17.4 Å². The monoisotopic (exact) mass is 336 g/mol. The average molecular weight is 336 g/mol. The van der Waals surface area contributed by atoms with Crippen molar-refractivity contribution in [3.05, 3.63) is 64.2 Å². The Kier molecular flexibility index (Phi) is 5.35. The van der Waals surface area contributed by atoms with Crippen LogP contribution in [0.15, 0.2) is 42.7 Å². The van der Waals surface area contributed by atoms with E-state index in [1.54, 1.807) is 0 Å². The summed E-state index contributed by atoms with van der Waals surface area (Å²) in [5, 5.41) is 10.6. The largest absolute Gasteiger partial charge is 0.335 e. The molecule has 24 heavy (non-hydrogen) atoms. The highest BCUT2D eigenvalue weighted by atomic mass is 19.3. The number of non-ortho nitro benzene ring substituents is 1. The van der Waals surface area contributed by atoms with E-state index in [4.69, 9.17) is 0 Å². The molecule has 1 aromatic heterocycles. The molecular formula is C15H14F2N4O3. The second kappa shape index (κ2) is 7.44. The summed E-state index contributed by atoms with van der Waals surface area (Å²) < 4.78 is 26.1. The van der Waals surface area contributed by atoms with Crippen LogP contribution in [-0.2, 0) is 11.3 Å². The molecule has 0 aliphatic rings. The zero-order chi connectivity index (χ0) is 17.7. The number of carbonyl (C=O) groups is 1. The van der Waals surface area contributed by atoms with E-state index in [0.717, 1.165) is 6.20 Å². The number of benzene rings is 1. The molecule has 0 saturated carbocycles. The Morgan fingerprint density at radius 2 is 2.08 bits per heavy atom. The van der Waals surface area contributed by atoms with Crippen LogP contribution >= 0.6 is 0 Å². The Morgan fingerprint density at radius 1 is 1.42 bits per heavy atom. The molecule has 2 rings (SSSR count).